The summed E-state index contributed by atoms with van der Waals surface area (Å²) in [7, 11) is 0. The van der Waals surface area contributed by atoms with Crippen LogP contribution in [-0.4, -0.2) is 4.57 Å². The topological polar surface area (TPSA) is 4.93 Å². The average molecular weight is 566 g/mol. The quantitative estimate of drug-likeness (QED) is 0.200. The molecule has 1 saturated carbocycles. The lowest BCUT2D eigenvalue weighted by Gasteiger charge is -2.34. The summed E-state index contributed by atoms with van der Waals surface area (Å²) in [5.74, 6) is 0.687. The molecular weight excluding hydrogens is 530 g/mol. The molecule has 0 atom stereocenters. The number of hydrogen-bond donors (Lipinski definition) is 0. The molecule has 212 valence electrons. The lowest BCUT2D eigenvalue weighted by atomic mass is 9.67. The number of fused-ring (bicyclic) bond motifs is 6. The van der Waals surface area contributed by atoms with E-state index < -0.39 is 5.41 Å². The molecule has 6 aromatic carbocycles. The lowest BCUT2D eigenvalue weighted by molar-refractivity contribution is 0.444. The van der Waals surface area contributed by atoms with Crippen LogP contribution in [0.2, 0.25) is 0 Å². The van der Waals surface area contributed by atoms with E-state index in [9.17, 15) is 0 Å². The van der Waals surface area contributed by atoms with Gasteiger partial charge in [0.25, 0.3) is 0 Å². The third kappa shape index (κ3) is 3.65. The standard InChI is InChI=1S/C43H35N/c1-3-14-30(15-4-1)31-26-27-42-38(28-31)37-22-9-12-25-41(37)44(42)34-19-13-18-33(29-34)43(32-16-5-2-6-17-32)39-23-10-7-20-35(39)36-21-8-11-24-40(36)43/h2,5-13,16-30H,1,3-4,14-15H2. The molecule has 1 heterocycles. The van der Waals surface area contributed by atoms with E-state index in [2.05, 4.69) is 150 Å². The zero-order valence-corrected chi connectivity index (χ0v) is 24.9. The molecular formula is C43H35N. The Morgan fingerprint density at radius 1 is 0.477 bits per heavy atom. The number of aromatic nitrogens is 1. The van der Waals surface area contributed by atoms with Crippen LogP contribution in [0.25, 0.3) is 38.6 Å². The minimum Gasteiger partial charge on any atom is -0.309 e. The van der Waals surface area contributed by atoms with E-state index in [1.54, 1.807) is 0 Å². The van der Waals surface area contributed by atoms with Gasteiger partial charge in [-0.05, 0) is 88.0 Å². The van der Waals surface area contributed by atoms with Crippen molar-refractivity contribution < 1.29 is 0 Å². The first kappa shape index (κ1) is 25.6. The van der Waals surface area contributed by atoms with E-state index in [4.69, 9.17) is 0 Å². The molecule has 2 aliphatic carbocycles. The molecule has 1 heteroatoms. The Labute approximate surface area is 259 Å². The smallest absolute Gasteiger partial charge is 0.0714 e. The van der Waals surface area contributed by atoms with E-state index in [0.29, 0.717) is 5.92 Å². The van der Waals surface area contributed by atoms with E-state index in [1.165, 1.54) is 98.5 Å². The maximum atomic E-state index is 2.50. The molecule has 1 nitrogen and oxygen atoms in total. The zero-order chi connectivity index (χ0) is 29.1. The Kier molecular flexibility index (Phi) is 5.88. The van der Waals surface area contributed by atoms with Gasteiger partial charge in [-0.2, -0.15) is 0 Å². The van der Waals surface area contributed by atoms with Gasteiger partial charge in [-0.25, -0.2) is 0 Å². The fourth-order valence-electron chi connectivity index (χ4n) is 8.55. The summed E-state index contributed by atoms with van der Waals surface area (Å²) >= 11 is 0. The molecule has 0 radical (unpaired) electrons. The van der Waals surface area contributed by atoms with Gasteiger partial charge < -0.3 is 4.57 Å². The molecule has 0 saturated heterocycles. The molecule has 44 heavy (non-hydrogen) atoms. The Balaban J connectivity index is 1.30. The van der Waals surface area contributed by atoms with E-state index in [1.807, 2.05) is 0 Å². The number of benzene rings is 6. The third-order valence-electron chi connectivity index (χ3n) is 10.5. The molecule has 0 aliphatic heterocycles. The van der Waals surface area contributed by atoms with Crippen molar-refractivity contribution in [3.8, 4) is 16.8 Å². The van der Waals surface area contributed by atoms with Gasteiger partial charge >= 0.3 is 0 Å². The Hall–Kier alpha value is -4.88. The van der Waals surface area contributed by atoms with Crippen LogP contribution in [0.3, 0.4) is 0 Å². The second kappa shape index (κ2) is 10.1. The molecule has 0 unspecified atom stereocenters. The Morgan fingerprint density at radius 3 is 1.89 bits per heavy atom. The highest BCUT2D eigenvalue weighted by Crippen LogP contribution is 2.56. The molecule has 7 aromatic rings. The van der Waals surface area contributed by atoms with Gasteiger partial charge in [0.2, 0.25) is 0 Å². The summed E-state index contributed by atoms with van der Waals surface area (Å²) in [4.78, 5) is 0. The molecule has 0 bridgehead atoms. The fraction of sp³-hybridized carbons (Fsp3) is 0.163. The zero-order valence-electron chi connectivity index (χ0n) is 24.9. The number of nitrogens with zero attached hydrogens (tertiary/aromatic N) is 1. The van der Waals surface area contributed by atoms with Crippen LogP contribution in [0, 0.1) is 0 Å². The van der Waals surface area contributed by atoms with Crippen molar-refractivity contribution in [2.75, 3.05) is 0 Å². The van der Waals surface area contributed by atoms with Gasteiger partial charge in [-0.1, -0.05) is 135 Å². The van der Waals surface area contributed by atoms with Crippen molar-refractivity contribution >= 4 is 21.8 Å². The van der Waals surface area contributed by atoms with Crippen molar-refractivity contribution in [2.24, 2.45) is 0 Å². The highest BCUT2D eigenvalue weighted by atomic mass is 15.0. The summed E-state index contributed by atoms with van der Waals surface area (Å²) in [5.41, 5.74) is 12.8. The predicted octanol–water partition coefficient (Wildman–Crippen LogP) is 11.2. The summed E-state index contributed by atoms with van der Waals surface area (Å²) in [6, 6.07) is 54.7. The highest BCUT2D eigenvalue weighted by molar-refractivity contribution is 6.09. The van der Waals surface area contributed by atoms with Gasteiger partial charge in [-0.15, -0.1) is 0 Å². The first-order chi connectivity index (χ1) is 21.8. The van der Waals surface area contributed by atoms with Gasteiger partial charge in [-0.3, -0.25) is 0 Å². The molecule has 9 rings (SSSR count). The minimum absolute atomic E-state index is 0.405. The molecule has 1 fully saturated rings. The maximum Gasteiger partial charge on any atom is 0.0714 e. The van der Waals surface area contributed by atoms with Gasteiger partial charge in [0.05, 0.1) is 16.4 Å². The summed E-state index contributed by atoms with van der Waals surface area (Å²) in [5, 5.41) is 2.70. The van der Waals surface area contributed by atoms with E-state index in [0.717, 1.165) is 0 Å². The van der Waals surface area contributed by atoms with Gasteiger partial charge in [0.15, 0.2) is 0 Å². The summed E-state index contributed by atoms with van der Waals surface area (Å²) in [6.45, 7) is 0. The average Bonchev–Trinajstić information content (AvgIpc) is 3.60. The monoisotopic (exact) mass is 565 g/mol. The van der Waals surface area contributed by atoms with Crippen molar-refractivity contribution in [3.63, 3.8) is 0 Å². The Morgan fingerprint density at radius 2 is 1.11 bits per heavy atom. The van der Waals surface area contributed by atoms with Crippen LogP contribution >= 0.6 is 0 Å². The van der Waals surface area contributed by atoms with Crippen molar-refractivity contribution in [2.45, 2.75) is 43.4 Å². The second-order valence-corrected chi connectivity index (χ2v) is 12.7. The molecule has 0 amide bonds. The molecule has 0 spiro atoms. The van der Waals surface area contributed by atoms with Crippen molar-refractivity contribution in [1.29, 1.82) is 0 Å². The molecule has 0 N–H and O–H groups in total. The third-order valence-corrected chi connectivity index (χ3v) is 10.5. The van der Waals surface area contributed by atoms with E-state index in [-0.39, 0.29) is 0 Å². The lowest BCUT2D eigenvalue weighted by Crippen LogP contribution is -2.28. The summed E-state index contributed by atoms with van der Waals surface area (Å²) < 4.78 is 2.49. The second-order valence-electron chi connectivity index (χ2n) is 12.7. The SMILES string of the molecule is c1ccc(C2(c3cccc(-n4c5ccccc5c5cc(C6CCCCC6)ccc54)c3)c3ccccc3-c3ccccc32)cc1. The van der Waals surface area contributed by atoms with E-state index >= 15 is 0 Å². The Bertz CT molecular complexity index is 2110. The van der Waals surface area contributed by atoms with Crippen LogP contribution in [-0.2, 0) is 5.41 Å². The fourth-order valence-corrected chi connectivity index (χ4v) is 8.55. The first-order valence-electron chi connectivity index (χ1n) is 16.2. The predicted molar refractivity (Wildman–Crippen MR) is 184 cm³/mol. The number of hydrogen-bond acceptors (Lipinski definition) is 0. The van der Waals surface area contributed by atoms with Gasteiger partial charge in [0, 0.05) is 16.5 Å². The molecule has 2 aliphatic rings. The van der Waals surface area contributed by atoms with Crippen LogP contribution in [0.1, 0.15) is 65.8 Å². The van der Waals surface area contributed by atoms with Crippen LogP contribution in [0.4, 0.5) is 0 Å². The van der Waals surface area contributed by atoms with Crippen LogP contribution < -0.4 is 0 Å². The summed E-state index contributed by atoms with van der Waals surface area (Å²) in [6.07, 6.45) is 6.72. The number of para-hydroxylation sites is 1. The first-order valence-corrected chi connectivity index (χ1v) is 16.2. The number of rotatable bonds is 4. The maximum absolute atomic E-state index is 2.50. The normalized spacial score (nSPS) is 15.8. The molecule has 1 aromatic heterocycles. The minimum atomic E-state index is -0.405. The largest absolute Gasteiger partial charge is 0.309 e. The van der Waals surface area contributed by atoms with Gasteiger partial charge in [0.1, 0.15) is 0 Å². The van der Waals surface area contributed by atoms with Crippen molar-refractivity contribution in [3.05, 3.63) is 173 Å². The van der Waals surface area contributed by atoms with Crippen LogP contribution in [0.15, 0.2) is 146 Å². The van der Waals surface area contributed by atoms with Crippen molar-refractivity contribution in [1.82, 2.24) is 4.57 Å². The highest BCUT2D eigenvalue weighted by Gasteiger charge is 2.45. The van der Waals surface area contributed by atoms with Crippen LogP contribution in [0.5, 0.6) is 0 Å².